The van der Waals surface area contributed by atoms with E-state index in [1.807, 2.05) is 6.07 Å². The number of nitrogens with zero attached hydrogens (tertiary/aromatic N) is 1. The van der Waals surface area contributed by atoms with E-state index in [0.717, 1.165) is 14.6 Å². The van der Waals surface area contributed by atoms with E-state index in [4.69, 9.17) is 5.11 Å². The Morgan fingerprint density at radius 1 is 1.50 bits per heavy atom. The van der Waals surface area contributed by atoms with Crippen molar-refractivity contribution in [3.05, 3.63) is 26.9 Å². The van der Waals surface area contributed by atoms with Crippen molar-refractivity contribution in [1.29, 1.82) is 0 Å². The molecular weight excluding hydrogens is 364 g/mol. The van der Waals surface area contributed by atoms with E-state index in [0.29, 0.717) is 19.5 Å². The molecule has 6 heteroatoms. The third-order valence-corrected chi connectivity index (χ3v) is 3.80. The number of carboxylic acid groups (broad SMARTS) is 1. The Labute approximate surface area is 123 Å². The van der Waals surface area contributed by atoms with E-state index >= 15 is 0 Å². The van der Waals surface area contributed by atoms with Crippen LogP contribution in [0.4, 0.5) is 0 Å². The molecule has 1 aromatic rings. The second-order valence-electron chi connectivity index (χ2n) is 4.70. The van der Waals surface area contributed by atoms with Crippen LogP contribution in [-0.4, -0.2) is 22.6 Å². The Bertz CT molecular complexity index is 436. The highest BCUT2D eigenvalue weighted by Gasteiger charge is 2.26. The zero-order valence-corrected chi connectivity index (χ0v) is 13.5. The monoisotopic (exact) mass is 378 g/mol. The highest BCUT2D eigenvalue weighted by atomic mass is 79.9. The lowest BCUT2D eigenvalue weighted by Gasteiger charge is -2.18. The van der Waals surface area contributed by atoms with Gasteiger partial charge in [0.1, 0.15) is 0 Å². The van der Waals surface area contributed by atoms with Crippen LogP contribution in [0.3, 0.4) is 0 Å². The van der Waals surface area contributed by atoms with E-state index < -0.39 is 11.4 Å². The van der Waals surface area contributed by atoms with Crippen molar-refractivity contribution in [2.75, 3.05) is 6.54 Å². The fraction of sp³-hybridized carbons (Fsp3) is 0.500. The Kier molecular flexibility index (Phi) is 5.75. The van der Waals surface area contributed by atoms with Crippen LogP contribution in [0.2, 0.25) is 0 Å². The van der Waals surface area contributed by atoms with Crippen LogP contribution in [0.25, 0.3) is 0 Å². The highest BCUT2D eigenvalue weighted by molar-refractivity contribution is 9.11. The standard InChI is InChI=1S/C12H16Br2N2O2/c1-12(2,11(17)18)3-4-15-7-10-9(14)5-8(13)6-16-10/h5-6,15H,3-4,7H2,1-2H3,(H,17,18). The van der Waals surface area contributed by atoms with Crippen molar-refractivity contribution in [2.24, 2.45) is 5.41 Å². The summed E-state index contributed by atoms with van der Waals surface area (Å²) in [6, 6.07) is 1.94. The van der Waals surface area contributed by atoms with Crippen molar-refractivity contribution in [2.45, 2.75) is 26.8 Å². The Morgan fingerprint density at radius 3 is 2.72 bits per heavy atom. The van der Waals surface area contributed by atoms with Gasteiger partial charge in [-0.25, -0.2) is 0 Å². The molecule has 18 heavy (non-hydrogen) atoms. The smallest absolute Gasteiger partial charge is 0.309 e. The van der Waals surface area contributed by atoms with Crippen LogP contribution in [-0.2, 0) is 11.3 Å². The maximum atomic E-state index is 10.9. The summed E-state index contributed by atoms with van der Waals surface area (Å²) in [5.41, 5.74) is 0.212. The summed E-state index contributed by atoms with van der Waals surface area (Å²) >= 11 is 6.78. The number of nitrogens with one attached hydrogen (secondary N) is 1. The molecule has 0 saturated heterocycles. The van der Waals surface area contributed by atoms with Gasteiger partial charge >= 0.3 is 5.97 Å². The topological polar surface area (TPSA) is 62.2 Å². The van der Waals surface area contributed by atoms with Gasteiger partial charge < -0.3 is 10.4 Å². The Morgan fingerprint density at radius 2 is 2.17 bits per heavy atom. The SMILES string of the molecule is CC(C)(CCNCc1ncc(Br)cc1Br)C(=O)O. The molecule has 4 nitrogen and oxygen atoms in total. The average Bonchev–Trinajstić information content (AvgIpc) is 2.26. The van der Waals surface area contributed by atoms with Gasteiger partial charge in [-0.05, 0) is 64.7 Å². The molecule has 0 amide bonds. The van der Waals surface area contributed by atoms with Crippen LogP contribution >= 0.6 is 31.9 Å². The molecule has 0 radical (unpaired) electrons. The van der Waals surface area contributed by atoms with Gasteiger partial charge in [0.25, 0.3) is 0 Å². The van der Waals surface area contributed by atoms with E-state index in [-0.39, 0.29) is 0 Å². The summed E-state index contributed by atoms with van der Waals surface area (Å²) < 4.78 is 1.85. The first kappa shape index (κ1) is 15.6. The minimum atomic E-state index is -0.771. The first-order chi connectivity index (χ1) is 8.33. The van der Waals surface area contributed by atoms with Crippen molar-refractivity contribution in [1.82, 2.24) is 10.3 Å². The molecule has 0 bridgehead atoms. The summed E-state index contributed by atoms with van der Waals surface area (Å²) in [7, 11) is 0. The van der Waals surface area contributed by atoms with Gasteiger partial charge in [-0.15, -0.1) is 0 Å². The zero-order chi connectivity index (χ0) is 13.8. The first-order valence-corrected chi connectivity index (χ1v) is 7.15. The first-order valence-electron chi connectivity index (χ1n) is 5.57. The second kappa shape index (κ2) is 6.63. The Balaban J connectivity index is 2.41. The molecule has 1 aromatic heterocycles. The van der Waals surface area contributed by atoms with Gasteiger partial charge in [0.05, 0.1) is 11.1 Å². The van der Waals surface area contributed by atoms with Crippen LogP contribution < -0.4 is 5.32 Å². The van der Waals surface area contributed by atoms with Gasteiger partial charge in [0.2, 0.25) is 0 Å². The molecule has 0 saturated carbocycles. The van der Waals surface area contributed by atoms with Crippen LogP contribution in [0.5, 0.6) is 0 Å². The van der Waals surface area contributed by atoms with Gasteiger partial charge in [0.15, 0.2) is 0 Å². The number of carboxylic acids is 1. The van der Waals surface area contributed by atoms with E-state index in [9.17, 15) is 4.79 Å². The minimum Gasteiger partial charge on any atom is -0.481 e. The predicted molar refractivity (Wildman–Crippen MR) is 77.4 cm³/mol. The third-order valence-electron chi connectivity index (χ3n) is 2.68. The van der Waals surface area contributed by atoms with Gasteiger partial charge in [-0.3, -0.25) is 9.78 Å². The molecule has 0 unspecified atom stereocenters. The van der Waals surface area contributed by atoms with Gasteiger partial charge in [0, 0.05) is 21.7 Å². The zero-order valence-electron chi connectivity index (χ0n) is 10.3. The number of carbonyl (C=O) groups is 1. The van der Waals surface area contributed by atoms with Crippen LogP contribution in [0.15, 0.2) is 21.2 Å². The number of hydrogen-bond acceptors (Lipinski definition) is 3. The average molecular weight is 380 g/mol. The summed E-state index contributed by atoms with van der Waals surface area (Å²) in [4.78, 5) is 15.2. The molecule has 0 aliphatic heterocycles. The van der Waals surface area contributed by atoms with Crippen LogP contribution in [0.1, 0.15) is 26.0 Å². The molecule has 2 N–H and O–H groups in total. The molecule has 0 aromatic carbocycles. The van der Waals surface area contributed by atoms with Gasteiger partial charge in [-0.1, -0.05) is 0 Å². The molecule has 0 aliphatic rings. The fourth-order valence-corrected chi connectivity index (χ4v) is 2.42. The lowest BCUT2D eigenvalue weighted by Crippen LogP contribution is -2.29. The van der Waals surface area contributed by atoms with E-state index in [2.05, 4.69) is 42.2 Å². The normalized spacial score (nSPS) is 11.6. The molecule has 0 atom stereocenters. The quantitative estimate of drug-likeness (QED) is 0.745. The van der Waals surface area contributed by atoms with Crippen molar-refractivity contribution in [3.63, 3.8) is 0 Å². The van der Waals surface area contributed by atoms with Crippen molar-refractivity contribution in [3.8, 4) is 0 Å². The maximum absolute atomic E-state index is 10.9. The number of aliphatic carboxylic acids is 1. The van der Waals surface area contributed by atoms with Crippen molar-refractivity contribution >= 4 is 37.8 Å². The number of halogens is 2. The lowest BCUT2D eigenvalue weighted by molar-refractivity contribution is -0.147. The largest absolute Gasteiger partial charge is 0.481 e. The molecular formula is C12H16Br2N2O2. The third kappa shape index (κ3) is 4.66. The Hall–Kier alpha value is -0.460. The molecule has 0 spiro atoms. The molecule has 1 heterocycles. The van der Waals surface area contributed by atoms with Gasteiger partial charge in [-0.2, -0.15) is 0 Å². The summed E-state index contributed by atoms with van der Waals surface area (Å²) in [5.74, 6) is -0.771. The van der Waals surface area contributed by atoms with E-state index in [1.54, 1.807) is 20.0 Å². The number of rotatable bonds is 6. The minimum absolute atomic E-state index is 0.580. The number of hydrogen-bond donors (Lipinski definition) is 2. The summed E-state index contributed by atoms with van der Waals surface area (Å²) in [6.07, 6.45) is 2.32. The predicted octanol–water partition coefficient (Wildman–Crippen LogP) is 3.20. The molecule has 0 fully saturated rings. The number of aromatic nitrogens is 1. The maximum Gasteiger partial charge on any atom is 0.309 e. The fourth-order valence-electron chi connectivity index (χ4n) is 1.29. The highest BCUT2D eigenvalue weighted by Crippen LogP contribution is 2.21. The second-order valence-corrected chi connectivity index (χ2v) is 6.47. The molecule has 1 rings (SSSR count). The summed E-state index contributed by atoms with van der Waals surface area (Å²) in [6.45, 7) is 4.71. The summed E-state index contributed by atoms with van der Waals surface area (Å²) in [5, 5.41) is 12.2. The van der Waals surface area contributed by atoms with E-state index in [1.165, 1.54) is 0 Å². The van der Waals surface area contributed by atoms with Crippen molar-refractivity contribution < 1.29 is 9.90 Å². The number of pyridine rings is 1. The van der Waals surface area contributed by atoms with Crippen LogP contribution in [0, 0.1) is 5.41 Å². The molecule has 0 aliphatic carbocycles. The lowest BCUT2D eigenvalue weighted by atomic mass is 9.90. The molecule has 100 valence electrons.